The molecule has 3 aromatic carbocycles. The number of phenols is 1. The van der Waals surface area contributed by atoms with Gasteiger partial charge in [0.25, 0.3) is 0 Å². The van der Waals surface area contributed by atoms with Crippen molar-refractivity contribution in [1.29, 1.82) is 0 Å². The van der Waals surface area contributed by atoms with Gasteiger partial charge in [-0.2, -0.15) is 0 Å². The van der Waals surface area contributed by atoms with Gasteiger partial charge in [0.15, 0.2) is 0 Å². The summed E-state index contributed by atoms with van der Waals surface area (Å²) in [5.41, 5.74) is 3.52. The van der Waals surface area contributed by atoms with Gasteiger partial charge in [-0.3, -0.25) is 9.52 Å². The van der Waals surface area contributed by atoms with Crippen LogP contribution < -0.4 is 14.8 Å². The second-order valence-corrected chi connectivity index (χ2v) is 11.0. The van der Waals surface area contributed by atoms with Crippen LogP contribution in [0.2, 0.25) is 0 Å². The quantitative estimate of drug-likeness (QED) is 0.150. The van der Waals surface area contributed by atoms with E-state index in [1.165, 1.54) is 13.0 Å². The van der Waals surface area contributed by atoms with E-state index in [9.17, 15) is 23.4 Å². The smallest absolute Gasteiger partial charge is 0.302 e. The van der Waals surface area contributed by atoms with E-state index in [2.05, 4.69) is 10.0 Å². The van der Waals surface area contributed by atoms with Crippen molar-refractivity contribution < 1.29 is 37.6 Å². The highest BCUT2D eigenvalue weighted by Crippen LogP contribution is 2.23. The molecule has 0 unspecified atom stereocenters. The minimum atomic E-state index is -3.33. The monoisotopic (exact) mass is 572 g/mol. The third kappa shape index (κ3) is 11.2. The molecule has 11 heteroatoms. The minimum Gasteiger partial charge on any atom is -0.508 e. The van der Waals surface area contributed by atoms with Gasteiger partial charge in [-0.05, 0) is 66.1 Å². The normalized spacial score (nSPS) is 12.1. The Morgan fingerprint density at radius 1 is 0.975 bits per heavy atom. The van der Waals surface area contributed by atoms with Gasteiger partial charge >= 0.3 is 5.97 Å². The molecule has 0 amide bonds. The summed E-state index contributed by atoms with van der Waals surface area (Å²) in [6.45, 7) is 3.32. The average molecular weight is 573 g/mol. The molecule has 0 aliphatic carbocycles. The van der Waals surface area contributed by atoms with Crippen LogP contribution in [0.25, 0.3) is 0 Å². The number of rotatable bonds is 16. The lowest BCUT2D eigenvalue weighted by Gasteiger charge is -2.14. The summed E-state index contributed by atoms with van der Waals surface area (Å²) in [5.74, 6) is 0.298. The van der Waals surface area contributed by atoms with Crippen molar-refractivity contribution in [3.63, 3.8) is 0 Å². The molecule has 0 aliphatic rings. The van der Waals surface area contributed by atoms with Gasteiger partial charge < -0.3 is 29.7 Å². The zero-order valence-corrected chi connectivity index (χ0v) is 23.4. The van der Waals surface area contributed by atoms with Gasteiger partial charge in [0.05, 0.1) is 25.6 Å². The number of anilines is 1. The van der Waals surface area contributed by atoms with Crippen LogP contribution >= 0.6 is 0 Å². The molecule has 0 bridgehead atoms. The Hall–Kier alpha value is -3.64. The summed E-state index contributed by atoms with van der Waals surface area (Å²) in [6.07, 6.45) is 1.09. The van der Waals surface area contributed by atoms with Crippen molar-refractivity contribution in [3.8, 4) is 11.5 Å². The number of benzene rings is 3. The van der Waals surface area contributed by atoms with E-state index in [-0.39, 0.29) is 12.4 Å². The van der Waals surface area contributed by atoms with Crippen LogP contribution in [0.15, 0.2) is 66.7 Å². The highest BCUT2D eigenvalue weighted by atomic mass is 32.2. The first kappa shape index (κ1) is 30.9. The van der Waals surface area contributed by atoms with Gasteiger partial charge in [0, 0.05) is 24.7 Å². The Morgan fingerprint density at radius 3 is 2.48 bits per heavy atom. The van der Waals surface area contributed by atoms with Gasteiger partial charge in [-0.25, -0.2) is 8.42 Å². The van der Waals surface area contributed by atoms with Crippen molar-refractivity contribution >= 4 is 21.7 Å². The maximum atomic E-state index is 11.4. The molecule has 1 atom stereocenters. The molecule has 3 rings (SSSR count). The number of hydrogen-bond acceptors (Lipinski definition) is 9. The molecule has 40 heavy (non-hydrogen) atoms. The number of phenolic OH excluding ortho intramolecular Hbond substituents is 1. The van der Waals surface area contributed by atoms with Crippen molar-refractivity contribution in [1.82, 2.24) is 5.32 Å². The number of aromatic hydroxyl groups is 1. The van der Waals surface area contributed by atoms with E-state index in [4.69, 9.17) is 14.2 Å². The lowest BCUT2D eigenvalue weighted by molar-refractivity contribution is -0.142. The Kier molecular flexibility index (Phi) is 11.8. The molecule has 0 fully saturated rings. The molecule has 4 N–H and O–H groups in total. The molecular formula is C29H36N2O8S. The summed E-state index contributed by atoms with van der Waals surface area (Å²) in [6, 6.07) is 19.5. The molecule has 0 radical (unpaired) electrons. The number of carbonyl (C=O) groups excluding carboxylic acids is 1. The van der Waals surface area contributed by atoms with Crippen molar-refractivity contribution in [2.75, 3.05) is 37.3 Å². The van der Waals surface area contributed by atoms with Gasteiger partial charge in [0.2, 0.25) is 10.0 Å². The molecule has 0 spiro atoms. The molecule has 3 aromatic rings. The van der Waals surface area contributed by atoms with Crippen LogP contribution in [-0.2, 0) is 43.9 Å². The largest absolute Gasteiger partial charge is 0.508 e. The second-order valence-electron chi connectivity index (χ2n) is 9.26. The molecule has 0 saturated carbocycles. The summed E-state index contributed by atoms with van der Waals surface area (Å²) in [4.78, 5) is 11.0. The van der Waals surface area contributed by atoms with E-state index in [0.29, 0.717) is 49.7 Å². The lowest BCUT2D eigenvalue weighted by atomic mass is 10.1. The fourth-order valence-electron chi connectivity index (χ4n) is 3.80. The number of hydrogen-bond donors (Lipinski definition) is 4. The van der Waals surface area contributed by atoms with Crippen molar-refractivity contribution in [3.05, 3.63) is 89.0 Å². The fraction of sp³-hybridized carbons (Fsp3) is 0.345. The van der Waals surface area contributed by atoms with E-state index in [1.807, 2.05) is 30.3 Å². The Morgan fingerprint density at radius 2 is 1.75 bits per heavy atom. The highest BCUT2D eigenvalue weighted by molar-refractivity contribution is 7.92. The number of ether oxygens (including phenoxy) is 3. The van der Waals surface area contributed by atoms with Gasteiger partial charge in [-0.15, -0.1) is 0 Å². The standard InChI is InChI=1S/C29H36N2O8S/c1-21(32)39-20-25-17-24(8-11-28(25)33)29(34)18-30-13-12-22-6-9-27(10-7-22)38-15-14-37-19-23-4-3-5-26(16-23)31-40(2,35)36/h3-11,16-17,29-31,33-34H,12-15,18-20H2,1-2H3/t29-/m0/s1. The van der Waals surface area contributed by atoms with Crippen LogP contribution in [0.5, 0.6) is 11.5 Å². The Labute approximate surface area is 235 Å². The average Bonchev–Trinajstić information content (AvgIpc) is 2.90. The van der Waals surface area contributed by atoms with Crippen LogP contribution in [0, 0.1) is 0 Å². The van der Waals surface area contributed by atoms with Gasteiger partial charge in [0.1, 0.15) is 24.7 Å². The minimum absolute atomic E-state index is 0.0113. The number of carbonyl (C=O) groups is 1. The molecule has 0 aromatic heterocycles. The molecule has 0 aliphatic heterocycles. The lowest BCUT2D eigenvalue weighted by Crippen LogP contribution is -2.23. The Bertz CT molecular complexity index is 1350. The number of aliphatic hydroxyl groups is 1. The van der Waals surface area contributed by atoms with E-state index >= 15 is 0 Å². The zero-order chi connectivity index (χ0) is 29.0. The molecule has 216 valence electrons. The van der Waals surface area contributed by atoms with E-state index in [0.717, 1.165) is 29.6 Å². The number of nitrogens with one attached hydrogen (secondary N) is 2. The van der Waals surface area contributed by atoms with Crippen LogP contribution in [-0.4, -0.2) is 57.2 Å². The predicted molar refractivity (Wildman–Crippen MR) is 152 cm³/mol. The fourth-order valence-corrected chi connectivity index (χ4v) is 4.35. The third-order valence-electron chi connectivity index (χ3n) is 5.77. The number of esters is 1. The zero-order valence-electron chi connectivity index (χ0n) is 22.6. The van der Waals surface area contributed by atoms with Crippen LogP contribution in [0.4, 0.5) is 5.69 Å². The van der Waals surface area contributed by atoms with E-state index in [1.54, 1.807) is 30.3 Å². The number of sulfonamides is 1. The molecular weight excluding hydrogens is 536 g/mol. The number of aliphatic hydroxyl groups excluding tert-OH is 1. The van der Waals surface area contributed by atoms with Crippen molar-refractivity contribution in [2.45, 2.75) is 32.7 Å². The van der Waals surface area contributed by atoms with Crippen molar-refractivity contribution in [2.24, 2.45) is 0 Å². The maximum Gasteiger partial charge on any atom is 0.302 e. The second kappa shape index (κ2) is 15.2. The van der Waals surface area contributed by atoms with Crippen LogP contribution in [0.3, 0.4) is 0 Å². The summed E-state index contributed by atoms with van der Waals surface area (Å²) in [7, 11) is -3.33. The SMILES string of the molecule is CC(=O)OCc1cc([C@@H](O)CNCCc2ccc(OCCOCc3cccc(NS(C)(=O)=O)c3)cc2)ccc1O. The summed E-state index contributed by atoms with van der Waals surface area (Å²) >= 11 is 0. The first-order valence-corrected chi connectivity index (χ1v) is 14.7. The predicted octanol–water partition coefficient (Wildman–Crippen LogP) is 3.29. The first-order chi connectivity index (χ1) is 19.1. The Balaban J connectivity index is 1.32. The highest BCUT2D eigenvalue weighted by Gasteiger charge is 2.11. The molecule has 0 saturated heterocycles. The molecule has 10 nitrogen and oxygen atoms in total. The van der Waals surface area contributed by atoms with Crippen LogP contribution in [0.1, 0.15) is 35.3 Å². The topological polar surface area (TPSA) is 143 Å². The third-order valence-corrected chi connectivity index (χ3v) is 6.37. The molecule has 0 heterocycles. The first-order valence-electron chi connectivity index (χ1n) is 12.8. The van der Waals surface area contributed by atoms with E-state index < -0.39 is 22.1 Å². The summed E-state index contributed by atoms with van der Waals surface area (Å²) in [5, 5.41) is 23.6. The summed E-state index contributed by atoms with van der Waals surface area (Å²) < 4.78 is 41.5. The van der Waals surface area contributed by atoms with Gasteiger partial charge in [-0.1, -0.05) is 30.3 Å². The maximum absolute atomic E-state index is 11.4.